The molecule has 2 aliphatic carbocycles. The third kappa shape index (κ3) is 5.42. The highest BCUT2D eigenvalue weighted by molar-refractivity contribution is 7.91. The van der Waals surface area contributed by atoms with Crippen molar-refractivity contribution in [3.05, 3.63) is 0 Å². The number of nitrogens with one attached hydrogen (secondary N) is 1. The molecule has 0 heterocycles. The van der Waals surface area contributed by atoms with Gasteiger partial charge in [-0.3, -0.25) is 0 Å². The van der Waals surface area contributed by atoms with Crippen LogP contribution in [0, 0.1) is 11.8 Å². The maximum Gasteiger partial charge on any atom is 0.151 e. The first kappa shape index (κ1) is 15.3. The van der Waals surface area contributed by atoms with Gasteiger partial charge in [0.25, 0.3) is 0 Å². The Balaban J connectivity index is 1.66. The van der Waals surface area contributed by atoms with Crippen LogP contribution in [0.5, 0.6) is 0 Å². The lowest BCUT2D eigenvalue weighted by Crippen LogP contribution is -2.37. The summed E-state index contributed by atoms with van der Waals surface area (Å²) < 4.78 is 24.1. The molecule has 1 N–H and O–H groups in total. The molecule has 2 atom stereocenters. The summed E-state index contributed by atoms with van der Waals surface area (Å²) in [5.74, 6) is 1.99. The topological polar surface area (TPSA) is 46.2 Å². The van der Waals surface area contributed by atoms with Gasteiger partial charge >= 0.3 is 0 Å². The summed E-state index contributed by atoms with van der Waals surface area (Å²) in [6.07, 6.45) is 9.72. The Bertz CT molecular complexity index is 360. The van der Waals surface area contributed by atoms with Crippen LogP contribution >= 0.6 is 0 Å². The Labute approximate surface area is 118 Å². The molecular formula is C15H29NO2S. The smallest absolute Gasteiger partial charge is 0.151 e. The zero-order valence-electron chi connectivity index (χ0n) is 12.2. The van der Waals surface area contributed by atoms with E-state index in [4.69, 9.17) is 0 Å². The fraction of sp³-hybridized carbons (Fsp3) is 1.00. The van der Waals surface area contributed by atoms with Gasteiger partial charge in [0.1, 0.15) is 0 Å². The minimum Gasteiger partial charge on any atom is -0.313 e. The molecule has 19 heavy (non-hydrogen) atoms. The van der Waals surface area contributed by atoms with E-state index in [0.717, 1.165) is 18.8 Å². The third-order valence-corrected chi connectivity index (χ3v) is 6.55. The van der Waals surface area contributed by atoms with Crippen molar-refractivity contribution >= 4 is 9.84 Å². The number of sulfone groups is 1. The minimum atomic E-state index is -2.84. The molecule has 0 aromatic heterocycles. The van der Waals surface area contributed by atoms with E-state index in [-0.39, 0.29) is 0 Å². The predicted octanol–water partition coefficient (Wildman–Crippen LogP) is 2.76. The lowest BCUT2D eigenvalue weighted by molar-refractivity contribution is 0.305. The highest BCUT2D eigenvalue weighted by atomic mass is 32.2. The first-order valence-corrected chi connectivity index (χ1v) is 9.81. The summed E-state index contributed by atoms with van der Waals surface area (Å²) in [5.41, 5.74) is 0. The molecule has 2 unspecified atom stereocenters. The van der Waals surface area contributed by atoms with Crippen LogP contribution in [-0.4, -0.2) is 32.5 Å². The molecule has 0 bridgehead atoms. The fourth-order valence-corrected chi connectivity index (χ4v) is 5.30. The highest BCUT2D eigenvalue weighted by Crippen LogP contribution is 2.26. The van der Waals surface area contributed by atoms with Gasteiger partial charge in [0.05, 0.1) is 11.5 Å². The highest BCUT2D eigenvalue weighted by Gasteiger charge is 2.23. The van der Waals surface area contributed by atoms with Crippen LogP contribution < -0.4 is 5.32 Å². The van der Waals surface area contributed by atoms with E-state index in [9.17, 15) is 8.42 Å². The molecule has 3 nitrogen and oxygen atoms in total. The molecule has 2 fully saturated rings. The van der Waals surface area contributed by atoms with Crippen LogP contribution in [0.15, 0.2) is 0 Å². The van der Waals surface area contributed by atoms with E-state index in [2.05, 4.69) is 12.2 Å². The molecular weight excluding hydrogens is 258 g/mol. The molecule has 0 spiro atoms. The molecule has 0 radical (unpaired) electrons. The lowest BCUT2D eigenvalue weighted by Gasteiger charge is -2.27. The van der Waals surface area contributed by atoms with Crippen LogP contribution in [0.4, 0.5) is 0 Å². The number of rotatable bonds is 6. The standard InChI is InChI=1S/C15H29NO2S/c1-13-5-4-8-15(11-13)16-9-10-19(17,18)12-14-6-2-3-7-14/h13-16H,2-12H2,1H3. The molecule has 0 aromatic carbocycles. The summed E-state index contributed by atoms with van der Waals surface area (Å²) in [6, 6.07) is 0.547. The predicted molar refractivity (Wildman–Crippen MR) is 80.0 cm³/mol. The SMILES string of the molecule is CC1CCCC(NCCS(=O)(=O)CC2CCCC2)C1. The Morgan fingerprint density at radius 1 is 1.05 bits per heavy atom. The van der Waals surface area contributed by atoms with Crippen molar-refractivity contribution in [2.45, 2.75) is 64.3 Å². The van der Waals surface area contributed by atoms with Crippen molar-refractivity contribution in [2.75, 3.05) is 18.1 Å². The maximum absolute atomic E-state index is 12.1. The first-order chi connectivity index (χ1) is 9.05. The van der Waals surface area contributed by atoms with Gasteiger partial charge in [-0.2, -0.15) is 0 Å². The number of hydrogen-bond acceptors (Lipinski definition) is 3. The van der Waals surface area contributed by atoms with Crippen molar-refractivity contribution in [2.24, 2.45) is 11.8 Å². The van der Waals surface area contributed by atoms with Crippen molar-refractivity contribution in [1.82, 2.24) is 5.32 Å². The molecule has 0 aliphatic heterocycles. The van der Waals surface area contributed by atoms with E-state index < -0.39 is 9.84 Å². The summed E-state index contributed by atoms with van der Waals surface area (Å²) in [4.78, 5) is 0. The number of hydrogen-bond donors (Lipinski definition) is 1. The Morgan fingerprint density at radius 3 is 2.47 bits per heavy atom. The maximum atomic E-state index is 12.1. The molecule has 2 rings (SSSR count). The summed E-state index contributed by atoms with van der Waals surface area (Å²) in [7, 11) is -2.84. The second-order valence-corrected chi connectivity index (χ2v) is 8.92. The molecule has 0 amide bonds. The van der Waals surface area contributed by atoms with Gasteiger partial charge in [-0.25, -0.2) is 8.42 Å². The van der Waals surface area contributed by atoms with Crippen LogP contribution in [-0.2, 0) is 9.84 Å². The summed E-state index contributed by atoms with van der Waals surface area (Å²) >= 11 is 0. The van der Waals surface area contributed by atoms with Crippen LogP contribution in [0.2, 0.25) is 0 Å². The second-order valence-electron chi connectivity index (χ2n) is 6.69. The van der Waals surface area contributed by atoms with Gasteiger partial charge in [0.2, 0.25) is 0 Å². The third-order valence-electron chi connectivity index (χ3n) is 4.75. The van der Waals surface area contributed by atoms with Crippen LogP contribution in [0.1, 0.15) is 58.3 Å². The summed E-state index contributed by atoms with van der Waals surface area (Å²) in [6.45, 7) is 2.94. The normalized spacial score (nSPS) is 29.7. The molecule has 4 heteroatoms. The van der Waals surface area contributed by atoms with Crippen LogP contribution in [0.25, 0.3) is 0 Å². The van der Waals surface area contributed by atoms with E-state index in [1.807, 2.05) is 0 Å². The zero-order valence-corrected chi connectivity index (χ0v) is 13.1. The van der Waals surface area contributed by atoms with Gasteiger partial charge < -0.3 is 5.32 Å². The van der Waals surface area contributed by atoms with E-state index in [0.29, 0.717) is 30.0 Å². The van der Waals surface area contributed by atoms with E-state index in [1.165, 1.54) is 38.5 Å². The van der Waals surface area contributed by atoms with E-state index in [1.54, 1.807) is 0 Å². The van der Waals surface area contributed by atoms with Gasteiger partial charge in [-0.15, -0.1) is 0 Å². The molecule has 0 saturated heterocycles. The quantitative estimate of drug-likeness (QED) is 0.817. The molecule has 2 aliphatic rings. The Morgan fingerprint density at radius 2 is 1.79 bits per heavy atom. The van der Waals surface area contributed by atoms with Crippen molar-refractivity contribution in [1.29, 1.82) is 0 Å². The second kappa shape index (κ2) is 7.07. The average Bonchev–Trinajstić information content (AvgIpc) is 2.80. The van der Waals surface area contributed by atoms with Crippen molar-refractivity contribution in [3.8, 4) is 0 Å². The van der Waals surface area contributed by atoms with Crippen molar-refractivity contribution < 1.29 is 8.42 Å². The fourth-order valence-electron chi connectivity index (χ4n) is 3.66. The van der Waals surface area contributed by atoms with Gasteiger partial charge in [0, 0.05) is 12.6 Å². The largest absolute Gasteiger partial charge is 0.313 e. The zero-order chi connectivity index (χ0) is 13.7. The Kier molecular flexibility index (Phi) is 5.70. The molecule has 112 valence electrons. The molecule has 0 aromatic rings. The summed E-state index contributed by atoms with van der Waals surface area (Å²) in [5, 5.41) is 3.45. The Hall–Kier alpha value is -0.0900. The first-order valence-electron chi connectivity index (χ1n) is 7.99. The minimum absolute atomic E-state index is 0.328. The molecule has 2 saturated carbocycles. The van der Waals surface area contributed by atoms with Crippen LogP contribution in [0.3, 0.4) is 0 Å². The van der Waals surface area contributed by atoms with Gasteiger partial charge in [-0.05, 0) is 37.5 Å². The average molecular weight is 287 g/mol. The lowest BCUT2D eigenvalue weighted by atomic mass is 9.87. The van der Waals surface area contributed by atoms with Gasteiger partial charge in [-0.1, -0.05) is 32.6 Å². The van der Waals surface area contributed by atoms with Gasteiger partial charge in [0.15, 0.2) is 9.84 Å². The van der Waals surface area contributed by atoms with Crippen molar-refractivity contribution in [3.63, 3.8) is 0 Å². The van der Waals surface area contributed by atoms with E-state index >= 15 is 0 Å². The monoisotopic (exact) mass is 287 g/mol.